The molecule has 0 radical (unpaired) electrons. The third kappa shape index (κ3) is 5.00. The van der Waals surface area contributed by atoms with Crippen LogP contribution in [0.5, 0.6) is 0 Å². The van der Waals surface area contributed by atoms with Crippen LogP contribution >= 0.6 is 23.2 Å². The Hall–Kier alpha value is -3.09. The first kappa shape index (κ1) is 25.0. The lowest BCUT2D eigenvalue weighted by Crippen LogP contribution is -2.21. The maximum Gasteiger partial charge on any atom is 0.229 e. The summed E-state index contributed by atoms with van der Waals surface area (Å²) >= 11 is 12.8. The van der Waals surface area contributed by atoms with Crippen LogP contribution in [0.4, 0.5) is 5.69 Å². The highest BCUT2D eigenvalue weighted by Crippen LogP contribution is 2.41. The Bertz CT molecular complexity index is 1450. The number of pyridine rings is 1. The monoisotopic (exact) mass is 506 g/mol. The van der Waals surface area contributed by atoms with Gasteiger partial charge in [-0.3, -0.25) is 9.59 Å². The molecule has 0 spiro atoms. The van der Waals surface area contributed by atoms with Crippen molar-refractivity contribution in [1.82, 2.24) is 4.98 Å². The highest BCUT2D eigenvalue weighted by atomic mass is 35.5. The molecule has 2 aromatic carbocycles. The second-order valence-electron chi connectivity index (χ2n) is 9.51. The van der Waals surface area contributed by atoms with Crippen LogP contribution in [0.15, 0.2) is 52.9 Å². The normalized spacial score (nSPS) is 11.6. The zero-order valence-electron chi connectivity index (χ0n) is 20.3. The minimum atomic E-state index is -0.721. The topological polar surface area (TPSA) is 72.2 Å². The second-order valence-corrected chi connectivity index (χ2v) is 10.4. The third-order valence-electron chi connectivity index (χ3n) is 5.69. The molecule has 0 atom stereocenters. The van der Waals surface area contributed by atoms with Crippen LogP contribution in [0.25, 0.3) is 33.5 Å². The van der Waals surface area contributed by atoms with Crippen molar-refractivity contribution in [1.29, 1.82) is 0 Å². The average Bonchev–Trinajstić information content (AvgIpc) is 3.14. The molecule has 5 nitrogen and oxygen atoms in total. The van der Waals surface area contributed by atoms with Gasteiger partial charge in [0.1, 0.15) is 13.5 Å². The number of ketones is 1. The molecule has 2 aromatic heterocycles. The zero-order chi connectivity index (χ0) is 25.5. The maximum atomic E-state index is 13.3. The lowest BCUT2D eigenvalue weighted by atomic mass is 9.88. The van der Waals surface area contributed by atoms with Gasteiger partial charge in [-0.1, -0.05) is 80.6 Å². The van der Waals surface area contributed by atoms with Gasteiger partial charge in [-0.15, -0.1) is 0 Å². The molecule has 178 valence electrons. The van der Waals surface area contributed by atoms with E-state index in [1.807, 2.05) is 44.2 Å². The number of amides is 1. The predicted octanol–water partition coefficient (Wildman–Crippen LogP) is 6.30. The van der Waals surface area contributed by atoms with Gasteiger partial charge >= 0.3 is 0 Å². The third-order valence-corrected chi connectivity index (χ3v) is 6.26. The molecule has 0 aliphatic rings. The first-order valence-corrected chi connectivity index (χ1v) is 12.1. The minimum Gasteiger partial charge on any atom is -0.432 e. The number of anilines is 1. The van der Waals surface area contributed by atoms with Crippen LogP contribution in [0.3, 0.4) is 0 Å². The highest BCUT2D eigenvalue weighted by molar-refractivity contribution is 6.38. The Kier molecular flexibility index (Phi) is 6.80. The van der Waals surface area contributed by atoms with Crippen molar-refractivity contribution in [2.75, 3.05) is 5.32 Å². The Labute approximate surface area is 215 Å². The van der Waals surface area contributed by atoms with Crippen molar-refractivity contribution in [3.05, 3.63) is 64.3 Å². The number of benzene rings is 2. The molecule has 0 fully saturated rings. The number of aromatic nitrogens is 1. The molecule has 0 unspecified atom stereocenters. The summed E-state index contributed by atoms with van der Waals surface area (Å²) in [5.41, 5.74) is 3.82. The van der Waals surface area contributed by atoms with Gasteiger partial charge in [0.2, 0.25) is 17.4 Å². The first-order valence-electron chi connectivity index (χ1n) is 11.3. The zero-order valence-corrected chi connectivity index (χ0v) is 21.8. The molecule has 4 rings (SSSR count). The van der Waals surface area contributed by atoms with Crippen molar-refractivity contribution < 1.29 is 14.0 Å². The number of nitrogens with zero attached hydrogens (tertiary/aromatic N) is 1. The van der Waals surface area contributed by atoms with Crippen LogP contribution in [0.2, 0.25) is 10.0 Å². The van der Waals surface area contributed by atoms with Gasteiger partial charge in [-0.2, -0.15) is 0 Å². The number of nitrogens with one attached hydrogen (secondary N) is 1. The summed E-state index contributed by atoms with van der Waals surface area (Å²) < 4.78 is 6.03. The summed E-state index contributed by atoms with van der Waals surface area (Å²) in [4.78, 5) is 30.5. The smallest absolute Gasteiger partial charge is 0.229 e. The fourth-order valence-electron chi connectivity index (χ4n) is 3.74. The van der Waals surface area contributed by atoms with E-state index in [0.29, 0.717) is 26.8 Å². The molecule has 8 heteroatoms. The fraction of sp³-hybridized carbons (Fsp3) is 0.222. The molecule has 35 heavy (non-hydrogen) atoms. The van der Waals surface area contributed by atoms with Gasteiger partial charge in [0.15, 0.2) is 5.76 Å². The van der Waals surface area contributed by atoms with Gasteiger partial charge in [0, 0.05) is 33.0 Å². The summed E-state index contributed by atoms with van der Waals surface area (Å²) in [5.74, 6) is -0.379. The summed E-state index contributed by atoms with van der Waals surface area (Å²) in [6, 6.07) is 15.0. The standard InChI is InChI=1S/C27H25BCl2N2O3/c1-5-21(33)31-23-19-13-18(14-6-9-16(29)10-7-14)22(17-11-8-15(28)12-20(17)30)32-26(19)35-24(23)25(34)27(2,3)4/h6-13H,5,28H2,1-4H3,(H,31,33). The Balaban J connectivity index is 2.07. The number of halogens is 2. The molecular weight excluding hydrogens is 482 g/mol. The first-order chi connectivity index (χ1) is 16.5. The summed E-state index contributed by atoms with van der Waals surface area (Å²) in [5, 5.41) is 4.55. The lowest BCUT2D eigenvalue weighted by molar-refractivity contribution is -0.115. The van der Waals surface area contributed by atoms with Crippen LogP contribution in [0.1, 0.15) is 44.7 Å². The molecular formula is C27H25BCl2N2O3. The number of fused-ring (bicyclic) bond motifs is 1. The summed E-state index contributed by atoms with van der Waals surface area (Å²) in [6.07, 6.45) is 0.254. The largest absolute Gasteiger partial charge is 0.432 e. The van der Waals surface area contributed by atoms with Crippen molar-refractivity contribution in [3.63, 3.8) is 0 Å². The predicted molar refractivity (Wildman–Crippen MR) is 146 cm³/mol. The van der Waals surface area contributed by atoms with Gasteiger partial charge in [0.25, 0.3) is 0 Å². The van der Waals surface area contributed by atoms with E-state index < -0.39 is 5.41 Å². The minimum absolute atomic E-state index is 0.0796. The van der Waals surface area contributed by atoms with Gasteiger partial charge < -0.3 is 9.73 Å². The van der Waals surface area contributed by atoms with Crippen molar-refractivity contribution in [3.8, 4) is 22.4 Å². The Morgan fingerprint density at radius 3 is 2.31 bits per heavy atom. The molecule has 1 N–H and O–H groups in total. The van der Waals surface area contributed by atoms with E-state index in [1.54, 1.807) is 39.8 Å². The van der Waals surface area contributed by atoms with Crippen molar-refractivity contribution in [2.45, 2.75) is 34.1 Å². The molecule has 0 saturated carbocycles. The van der Waals surface area contributed by atoms with Crippen LogP contribution in [-0.2, 0) is 4.79 Å². The molecule has 1 amide bonds. The molecule has 4 aromatic rings. The van der Waals surface area contributed by atoms with E-state index in [2.05, 4.69) is 5.32 Å². The van der Waals surface area contributed by atoms with Crippen LogP contribution < -0.4 is 10.8 Å². The maximum absolute atomic E-state index is 13.3. The van der Waals surface area contributed by atoms with Gasteiger partial charge in [-0.05, 0) is 29.8 Å². The van der Waals surface area contributed by atoms with E-state index >= 15 is 0 Å². The Morgan fingerprint density at radius 2 is 1.71 bits per heavy atom. The van der Waals surface area contributed by atoms with E-state index in [1.165, 1.54) is 0 Å². The SMILES string of the molecule is Bc1ccc(-c2nc3oc(C(=O)C(C)(C)C)c(NC(=O)CC)c3cc2-c2ccc(Cl)cc2)c(Cl)c1. The van der Waals surface area contributed by atoms with Gasteiger partial charge in [-0.25, -0.2) is 4.98 Å². The number of carbonyl (C=O) groups is 2. The van der Waals surface area contributed by atoms with Crippen molar-refractivity contribution in [2.24, 2.45) is 5.41 Å². The average molecular weight is 507 g/mol. The van der Waals surface area contributed by atoms with E-state index in [0.717, 1.165) is 22.2 Å². The van der Waals surface area contributed by atoms with Crippen LogP contribution in [-0.4, -0.2) is 24.5 Å². The number of carbonyl (C=O) groups excluding carboxylic acids is 2. The van der Waals surface area contributed by atoms with E-state index in [-0.39, 0.29) is 29.6 Å². The van der Waals surface area contributed by atoms with Gasteiger partial charge in [0.05, 0.1) is 11.1 Å². The van der Waals surface area contributed by atoms with Crippen LogP contribution in [0, 0.1) is 5.41 Å². The summed E-state index contributed by atoms with van der Waals surface area (Å²) in [7, 11) is 1.96. The Morgan fingerprint density at radius 1 is 1.03 bits per heavy atom. The van der Waals surface area contributed by atoms with Crippen molar-refractivity contribution >= 4 is 65.0 Å². The number of furan rings is 1. The fourth-order valence-corrected chi connectivity index (χ4v) is 4.19. The number of Topliss-reactive ketones (excluding diaryl/α,β-unsaturated/α-hetero) is 1. The molecule has 0 aliphatic carbocycles. The van der Waals surface area contributed by atoms with E-state index in [4.69, 9.17) is 32.6 Å². The number of hydrogen-bond acceptors (Lipinski definition) is 4. The molecule has 0 bridgehead atoms. The summed E-state index contributed by atoms with van der Waals surface area (Å²) in [6.45, 7) is 7.16. The van der Waals surface area contributed by atoms with E-state index in [9.17, 15) is 9.59 Å². The molecule has 0 aliphatic heterocycles. The number of rotatable bonds is 5. The lowest BCUT2D eigenvalue weighted by Gasteiger charge is -2.15. The molecule has 2 heterocycles. The second kappa shape index (κ2) is 9.52. The number of hydrogen-bond donors (Lipinski definition) is 1. The molecule has 0 saturated heterocycles. The highest BCUT2D eigenvalue weighted by Gasteiger charge is 2.32. The quantitative estimate of drug-likeness (QED) is 0.254.